The van der Waals surface area contributed by atoms with Crippen LogP contribution in [0.15, 0.2) is 0 Å². The van der Waals surface area contributed by atoms with Crippen LogP contribution in [0.25, 0.3) is 0 Å². The SMILES string of the molecule is COC1[CH]NCN1C. The number of rotatable bonds is 1. The molecule has 0 aromatic rings. The minimum atomic E-state index is 0.162. The van der Waals surface area contributed by atoms with E-state index in [0.29, 0.717) is 0 Å². The van der Waals surface area contributed by atoms with Crippen LogP contribution in [0.2, 0.25) is 0 Å². The molecule has 1 fully saturated rings. The Morgan fingerprint density at radius 3 is 2.88 bits per heavy atom. The maximum absolute atomic E-state index is 5.03. The molecule has 0 bridgehead atoms. The molecule has 1 atom stereocenters. The number of hydrogen-bond donors (Lipinski definition) is 1. The van der Waals surface area contributed by atoms with Crippen molar-refractivity contribution in [1.82, 2.24) is 10.2 Å². The van der Waals surface area contributed by atoms with Gasteiger partial charge in [0.05, 0.1) is 13.2 Å². The molecule has 1 aliphatic rings. The van der Waals surface area contributed by atoms with Crippen LogP contribution in [0.3, 0.4) is 0 Å². The lowest BCUT2D eigenvalue weighted by Crippen LogP contribution is -2.26. The second-order valence-corrected chi connectivity index (χ2v) is 1.91. The molecule has 0 amide bonds. The number of methoxy groups -OCH3 is 1. The molecule has 1 aliphatic heterocycles. The Morgan fingerprint density at radius 2 is 2.62 bits per heavy atom. The summed E-state index contributed by atoms with van der Waals surface area (Å²) in [4.78, 5) is 2.07. The van der Waals surface area contributed by atoms with Gasteiger partial charge in [0.1, 0.15) is 6.23 Å². The van der Waals surface area contributed by atoms with Gasteiger partial charge in [0.25, 0.3) is 0 Å². The van der Waals surface area contributed by atoms with E-state index in [1.807, 2.05) is 13.6 Å². The third-order valence-corrected chi connectivity index (χ3v) is 1.28. The van der Waals surface area contributed by atoms with Crippen LogP contribution in [0.4, 0.5) is 0 Å². The third kappa shape index (κ3) is 0.992. The highest BCUT2D eigenvalue weighted by molar-refractivity contribution is 4.79. The molecule has 1 radical (unpaired) electrons. The van der Waals surface area contributed by atoms with Crippen LogP contribution in [0, 0.1) is 6.54 Å². The Morgan fingerprint density at radius 1 is 1.88 bits per heavy atom. The molecule has 0 saturated carbocycles. The highest BCUT2D eigenvalue weighted by Gasteiger charge is 2.18. The van der Waals surface area contributed by atoms with Gasteiger partial charge in [-0.05, 0) is 7.05 Å². The van der Waals surface area contributed by atoms with E-state index in [4.69, 9.17) is 4.74 Å². The summed E-state index contributed by atoms with van der Waals surface area (Å²) in [6, 6.07) is 0. The molecular formula is C5H11N2O. The molecule has 1 rings (SSSR count). The topological polar surface area (TPSA) is 24.5 Å². The van der Waals surface area contributed by atoms with Crippen molar-refractivity contribution in [2.24, 2.45) is 0 Å². The lowest BCUT2D eigenvalue weighted by atomic mass is 10.6. The molecule has 0 aromatic heterocycles. The van der Waals surface area contributed by atoms with Crippen LogP contribution in [0.1, 0.15) is 0 Å². The zero-order valence-corrected chi connectivity index (χ0v) is 5.22. The fraction of sp³-hybridized carbons (Fsp3) is 0.800. The minimum absolute atomic E-state index is 0.162. The van der Waals surface area contributed by atoms with Gasteiger partial charge in [-0.2, -0.15) is 0 Å². The monoisotopic (exact) mass is 115 g/mol. The second-order valence-electron chi connectivity index (χ2n) is 1.91. The quantitative estimate of drug-likeness (QED) is 0.504. The first-order chi connectivity index (χ1) is 3.84. The maximum atomic E-state index is 5.03. The highest BCUT2D eigenvalue weighted by Crippen LogP contribution is 2.03. The van der Waals surface area contributed by atoms with Crippen molar-refractivity contribution in [3.05, 3.63) is 6.54 Å². The molecule has 0 spiro atoms. The van der Waals surface area contributed by atoms with Crippen molar-refractivity contribution in [2.75, 3.05) is 20.8 Å². The zero-order chi connectivity index (χ0) is 5.98. The molecule has 8 heavy (non-hydrogen) atoms. The summed E-state index contributed by atoms with van der Waals surface area (Å²) >= 11 is 0. The van der Waals surface area contributed by atoms with E-state index in [1.54, 1.807) is 7.11 Å². The Hall–Kier alpha value is -0.120. The molecule has 47 valence electrons. The lowest BCUT2D eigenvalue weighted by Gasteiger charge is -2.14. The summed E-state index contributed by atoms with van der Waals surface area (Å²) in [6.07, 6.45) is 0.162. The lowest BCUT2D eigenvalue weighted by molar-refractivity contribution is 0.0318. The van der Waals surface area contributed by atoms with Crippen molar-refractivity contribution >= 4 is 0 Å². The van der Waals surface area contributed by atoms with E-state index in [9.17, 15) is 0 Å². The number of ether oxygens (including phenoxy) is 1. The Kier molecular flexibility index (Phi) is 1.83. The van der Waals surface area contributed by atoms with Crippen molar-refractivity contribution in [3.63, 3.8) is 0 Å². The van der Waals surface area contributed by atoms with Gasteiger partial charge in [-0.15, -0.1) is 0 Å². The number of nitrogens with one attached hydrogen (secondary N) is 1. The van der Waals surface area contributed by atoms with Gasteiger partial charge in [-0.25, -0.2) is 0 Å². The van der Waals surface area contributed by atoms with E-state index in [-0.39, 0.29) is 6.23 Å². The van der Waals surface area contributed by atoms with Crippen LogP contribution >= 0.6 is 0 Å². The predicted molar refractivity (Wildman–Crippen MR) is 30.9 cm³/mol. The van der Waals surface area contributed by atoms with Gasteiger partial charge >= 0.3 is 0 Å². The fourth-order valence-corrected chi connectivity index (χ4v) is 0.763. The van der Waals surface area contributed by atoms with E-state index in [0.717, 1.165) is 6.67 Å². The fourth-order valence-electron chi connectivity index (χ4n) is 0.763. The largest absolute Gasteiger partial charge is 0.365 e. The average Bonchev–Trinajstić information content (AvgIpc) is 2.14. The van der Waals surface area contributed by atoms with Crippen LogP contribution in [-0.4, -0.2) is 32.0 Å². The standard InChI is InChI=1S/C5H11N2O/c1-7-4-6-3-5(7)8-2/h3,5-6H,4H2,1-2H3. The summed E-state index contributed by atoms with van der Waals surface area (Å²) in [5, 5.41) is 3.05. The number of likely N-dealkylation sites (N-methyl/N-ethyl adjacent to an activating group) is 1. The molecule has 3 heteroatoms. The van der Waals surface area contributed by atoms with Gasteiger partial charge in [-0.1, -0.05) is 0 Å². The predicted octanol–water partition coefficient (Wildman–Crippen LogP) is -0.387. The number of hydrogen-bond acceptors (Lipinski definition) is 3. The normalized spacial score (nSPS) is 31.5. The van der Waals surface area contributed by atoms with Gasteiger partial charge < -0.3 is 4.74 Å². The van der Waals surface area contributed by atoms with E-state index in [1.165, 1.54) is 0 Å². The highest BCUT2D eigenvalue weighted by atomic mass is 16.5. The summed E-state index contributed by atoms with van der Waals surface area (Å²) in [5.41, 5.74) is 0. The Labute approximate surface area is 49.6 Å². The van der Waals surface area contributed by atoms with E-state index < -0.39 is 0 Å². The van der Waals surface area contributed by atoms with Gasteiger partial charge in [0, 0.05) is 7.11 Å². The second kappa shape index (κ2) is 2.44. The molecule has 1 heterocycles. The summed E-state index contributed by atoms with van der Waals surface area (Å²) in [5.74, 6) is 0. The van der Waals surface area contributed by atoms with Gasteiger partial charge in [0.15, 0.2) is 0 Å². The molecule has 1 N–H and O–H groups in total. The third-order valence-electron chi connectivity index (χ3n) is 1.28. The first kappa shape index (κ1) is 6.01. The first-order valence-electron chi connectivity index (χ1n) is 2.64. The molecule has 0 aliphatic carbocycles. The molecule has 0 aromatic carbocycles. The van der Waals surface area contributed by atoms with Crippen molar-refractivity contribution < 1.29 is 4.74 Å². The van der Waals surface area contributed by atoms with Gasteiger partial charge in [-0.3, -0.25) is 10.2 Å². The van der Waals surface area contributed by atoms with Crippen LogP contribution in [-0.2, 0) is 4.74 Å². The summed E-state index contributed by atoms with van der Waals surface area (Å²) in [6.45, 7) is 2.82. The van der Waals surface area contributed by atoms with E-state index >= 15 is 0 Å². The van der Waals surface area contributed by atoms with Crippen LogP contribution < -0.4 is 5.32 Å². The summed E-state index contributed by atoms with van der Waals surface area (Å²) in [7, 11) is 3.70. The van der Waals surface area contributed by atoms with E-state index in [2.05, 4.69) is 10.2 Å². The average molecular weight is 115 g/mol. The first-order valence-corrected chi connectivity index (χ1v) is 2.64. The molecule has 1 saturated heterocycles. The minimum Gasteiger partial charge on any atom is -0.365 e. The number of nitrogens with zero attached hydrogens (tertiary/aromatic N) is 1. The van der Waals surface area contributed by atoms with Gasteiger partial charge in [0.2, 0.25) is 0 Å². The Balaban J connectivity index is 2.30. The zero-order valence-electron chi connectivity index (χ0n) is 5.22. The summed E-state index contributed by atoms with van der Waals surface area (Å²) < 4.78 is 5.03. The molecule has 3 nitrogen and oxygen atoms in total. The maximum Gasteiger partial charge on any atom is 0.128 e. The Bertz CT molecular complexity index is 76.8. The van der Waals surface area contributed by atoms with Crippen molar-refractivity contribution in [1.29, 1.82) is 0 Å². The smallest absolute Gasteiger partial charge is 0.128 e. The molecular weight excluding hydrogens is 104 g/mol. The van der Waals surface area contributed by atoms with Crippen molar-refractivity contribution in [3.8, 4) is 0 Å². The van der Waals surface area contributed by atoms with Crippen LogP contribution in [0.5, 0.6) is 0 Å². The van der Waals surface area contributed by atoms with Crippen molar-refractivity contribution in [2.45, 2.75) is 6.23 Å². The molecule has 1 unspecified atom stereocenters.